The molecule has 7 heteroatoms. The fourth-order valence-corrected chi connectivity index (χ4v) is 4.30. The Hall–Kier alpha value is -3.19. The summed E-state index contributed by atoms with van der Waals surface area (Å²) in [7, 11) is 0. The highest BCUT2D eigenvalue weighted by atomic mass is 16.5. The second-order valence-corrected chi connectivity index (χ2v) is 7.84. The molecule has 154 valence electrons. The van der Waals surface area contributed by atoms with Gasteiger partial charge in [-0.3, -0.25) is 0 Å². The van der Waals surface area contributed by atoms with Crippen LogP contribution < -0.4 is 15.8 Å². The number of nitrogens with one attached hydrogen (secondary N) is 1. The number of ether oxygens (including phenoxy) is 1. The molecule has 7 nitrogen and oxygen atoms in total. The molecule has 2 aromatic carbocycles. The summed E-state index contributed by atoms with van der Waals surface area (Å²) in [5.74, 6) is 1.92. The van der Waals surface area contributed by atoms with Crippen molar-refractivity contribution in [3.63, 3.8) is 0 Å². The average molecular weight is 403 g/mol. The van der Waals surface area contributed by atoms with Crippen molar-refractivity contribution in [3.05, 3.63) is 42.7 Å². The van der Waals surface area contributed by atoms with Crippen LogP contribution in [0.25, 0.3) is 33.1 Å². The molecule has 0 atom stereocenters. The number of nitrogen functional groups attached to an aromatic ring is 1. The highest BCUT2D eigenvalue weighted by molar-refractivity contribution is 6.00. The van der Waals surface area contributed by atoms with Crippen molar-refractivity contribution in [2.75, 3.05) is 25.4 Å². The predicted octanol–water partition coefficient (Wildman–Crippen LogP) is 3.63. The maximum atomic E-state index is 6.28. The zero-order valence-electron chi connectivity index (χ0n) is 17.1. The Bertz CT molecular complexity index is 1200. The summed E-state index contributed by atoms with van der Waals surface area (Å²) in [6.07, 6.45) is 3.82. The van der Waals surface area contributed by atoms with E-state index in [-0.39, 0.29) is 0 Å². The van der Waals surface area contributed by atoms with Gasteiger partial charge in [-0.25, -0.2) is 14.6 Å². The second-order valence-electron chi connectivity index (χ2n) is 7.84. The van der Waals surface area contributed by atoms with Gasteiger partial charge >= 0.3 is 0 Å². The van der Waals surface area contributed by atoms with Gasteiger partial charge in [0.05, 0.1) is 12.0 Å². The summed E-state index contributed by atoms with van der Waals surface area (Å²) in [5.41, 5.74) is 8.93. The quantitative estimate of drug-likeness (QED) is 0.530. The Morgan fingerprint density at radius 1 is 1.10 bits per heavy atom. The molecule has 3 N–H and O–H groups in total. The molecule has 3 heterocycles. The molecule has 1 saturated heterocycles. The highest BCUT2D eigenvalue weighted by Gasteiger charge is 2.21. The molecule has 0 bridgehead atoms. The molecule has 4 aromatic rings. The normalized spacial score (nSPS) is 15.1. The summed E-state index contributed by atoms with van der Waals surface area (Å²) in [5, 5.41) is 11.5. The number of fused-ring (bicyclic) bond motifs is 2. The van der Waals surface area contributed by atoms with Crippen LogP contribution in [0.5, 0.6) is 5.75 Å². The predicted molar refractivity (Wildman–Crippen MR) is 119 cm³/mol. The third kappa shape index (κ3) is 3.45. The molecule has 0 aliphatic carbocycles. The molecule has 0 radical (unpaired) electrons. The van der Waals surface area contributed by atoms with Crippen LogP contribution in [0.3, 0.4) is 0 Å². The maximum Gasteiger partial charge on any atom is 0.163 e. The van der Waals surface area contributed by atoms with E-state index in [1.807, 2.05) is 17.7 Å². The van der Waals surface area contributed by atoms with Crippen LogP contribution in [0, 0.1) is 5.92 Å². The van der Waals surface area contributed by atoms with Gasteiger partial charge in [0, 0.05) is 12.1 Å². The minimum absolute atomic E-state index is 0.467. The molecule has 1 aliphatic rings. The maximum absolute atomic E-state index is 6.28. The Kier molecular flexibility index (Phi) is 4.96. The van der Waals surface area contributed by atoms with E-state index in [4.69, 9.17) is 15.6 Å². The molecule has 30 heavy (non-hydrogen) atoms. The van der Waals surface area contributed by atoms with Gasteiger partial charge in [0.25, 0.3) is 0 Å². The standard InChI is InChI=1S/C23H26N6O/c1-2-30-19-6-5-16-3-4-17(11-18(16)12-19)21-20-22(24)26-14-27-23(20)29(28-21)13-15-7-9-25-10-8-15/h3-6,11-12,14-15,25H,2,7-10,13H2,1H3,(H2,24,26,27). The molecule has 2 aromatic heterocycles. The Morgan fingerprint density at radius 3 is 2.77 bits per heavy atom. The fourth-order valence-electron chi connectivity index (χ4n) is 4.30. The molecular formula is C23H26N6O. The lowest BCUT2D eigenvalue weighted by atomic mass is 9.98. The monoisotopic (exact) mass is 402 g/mol. The Labute approximate surface area is 175 Å². The largest absolute Gasteiger partial charge is 0.494 e. The highest BCUT2D eigenvalue weighted by Crippen LogP contribution is 2.33. The third-order valence-corrected chi connectivity index (χ3v) is 5.84. The van der Waals surface area contributed by atoms with Crippen LogP contribution in [0.4, 0.5) is 5.82 Å². The molecule has 1 aliphatic heterocycles. The zero-order valence-corrected chi connectivity index (χ0v) is 17.1. The van der Waals surface area contributed by atoms with E-state index in [0.29, 0.717) is 18.3 Å². The number of hydrogen-bond acceptors (Lipinski definition) is 6. The first kappa shape index (κ1) is 18.8. The third-order valence-electron chi connectivity index (χ3n) is 5.84. The number of nitrogens with zero attached hydrogens (tertiary/aromatic N) is 4. The van der Waals surface area contributed by atoms with Crippen molar-refractivity contribution in [2.24, 2.45) is 5.92 Å². The number of hydrogen-bond donors (Lipinski definition) is 2. The van der Waals surface area contributed by atoms with Crippen LogP contribution in [-0.4, -0.2) is 39.4 Å². The number of aromatic nitrogens is 4. The number of rotatable bonds is 5. The van der Waals surface area contributed by atoms with E-state index in [2.05, 4.69) is 45.6 Å². The van der Waals surface area contributed by atoms with Gasteiger partial charge in [-0.15, -0.1) is 0 Å². The smallest absolute Gasteiger partial charge is 0.163 e. The molecule has 0 saturated carbocycles. The molecular weight excluding hydrogens is 376 g/mol. The lowest BCUT2D eigenvalue weighted by Crippen LogP contribution is -2.30. The van der Waals surface area contributed by atoms with Gasteiger partial charge in [0.15, 0.2) is 5.65 Å². The minimum Gasteiger partial charge on any atom is -0.494 e. The summed E-state index contributed by atoms with van der Waals surface area (Å²) < 4.78 is 7.69. The van der Waals surface area contributed by atoms with Crippen molar-refractivity contribution in [2.45, 2.75) is 26.3 Å². The second kappa shape index (κ2) is 7.91. The van der Waals surface area contributed by atoms with E-state index < -0.39 is 0 Å². The topological polar surface area (TPSA) is 90.9 Å². The summed E-state index contributed by atoms with van der Waals surface area (Å²) in [4.78, 5) is 8.77. The summed E-state index contributed by atoms with van der Waals surface area (Å²) in [6.45, 7) is 5.59. The van der Waals surface area contributed by atoms with Gasteiger partial charge in [-0.05, 0) is 67.7 Å². The average Bonchev–Trinajstić information content (AvgIpc) is 3.14. The van der Waals surface area contributed by atoms with E-state index in [9.17, 15) is 0 Å². The lowest BCUT2D eigenvalue weighted by Gasteiger charge is -2.22. The lowest BCUT2D eigenvalue weighted by molar-refractivity contribution is 0.325. The van der Waals surface area contributed by atoms with E-state index in [1.54, 1.807) is 0 Å². The summed E-state index contributed by atoms with van der Waals surface area (Å²) in [6, 6.07) is 12.5. The zero-order chi connectivity index (χ0) is 20.5. The molecule has 0 unspecified atom stereocenters. The molecule has 0 amide bonds. The number of benzene rings is 2. The van der Waals surface area contributed by atoms with Crippen LogP contribution in [0.2, 0.25) is 0 Å². The van der Waals surface area contributed by atoms with Crippen molar-refractivity contribution in [1.82, 2.24) is 25.1 Å². The number of anilines is 1. The van der Waals surface area contributed by atoms with Gasteiger partial charge in [0.2, 0.25) is 0 Å². The number of nitrogens with two attached hydrogens (primary N) is 1. The molecule has 5 rings (SSSR count). The minimum atomic E-state index is 0.467. The van der Waals surface area contributed by atoms with Gasteiger partial charge in [0.1, 0.15) is 23.6 Å². The fraction of sp³-hybridized carbons (Fsp3) is 0.348. The van der Waals surface area contributed by atoms with Crippen molar-refractivity contribution < 1.29 is 4.74 Å². The molecule has 0 spiro atoms. The van der Waals surface area contributed by atoms with Crippen molar-refractivity contribution in [1.29, 1.82) is 0 Å². The first-order valence-corrected chi connectivity index (χ1v) is 10.6. The van der Waals surface area contributed by atoms with Crippen LogP contribution in [0.1, 0.15) is 19.8 Å². The van der Waals surface area contributed by atoms with Gasteiger partial charge < -0.3 is 15.8 Å². The Morgan fingerprint density at radius 2 is 1.93 bits per heavy atom. The first-order chi connectivity index (χ1) is 14.7. The summed E-state index contributed by atoms with van der Waals surface area (Å²) >= 11 is 0. The van der Waals surface area contributed by atoms with E-state index in [0.717, 1.165) is 71.3 Å². The van der Waals surface area contributed by atoms with Crippen LogP contribution >= 0.6 is 0 Å². The van der Waals surface area contributed by atoms with Gasteiger partial charge in [-0.2, -0.15) is 5.10 Å². The van der Waals surface area contributed by atoms with Crippen LogP contribution in [-0.2, 0) is 6.54 Å². The van der Waals surface area contributed by atoms with Crippen molar-refractivity contribution in [3.8, 4) is 17.0 Å². The van der Waals surface area contributed by atoms with Crippen molar-refractivity contribution >= 4 is 27.6 Å². The van der Waals surface area contributed by atoms with E-state index in [1.165, 1.54) is 6.33 Å². The Balaban J connectivity index is 1.61. The molecule has 1 fully saturated rings. The first-order valence-electron chi connectivity index (χ1n) is 10.6. The number of piperidine rings is 1. The van der Waals surface area contributed by atoms with Gasteiger partial charge in [-0.1, -0.05) is 18.2 Å². The van der Waals surface area contributed by atoms with E-state index >= 15 is 0 Å². The van der Waals surface area contributed by atoms with Crippen LogP contribution in [0.15, 0.2) is 42.7 Å². The SMILES string of the molecule is CCOc1ccc2ccc(-c3nn(CC4CCNCC4)c4ncnc(N)c34)cc2c1.